The molecule has 0 bridgehead atoms. The largest absolute Gasteiger partial charge is 0.385 e. The summed E-state index contributed by atoms with van der Waals surface area (Å²) in [6.07, 6.45) is 0.628. The molecular formula is C12H15ClN2O. The first-order valence-electron chi connectivity index (χ1n) is 5.03. The van der Waals surface area contributed by atoms with E-state index in [1.54, 1.807) is 19.2 Å². The van der Waals surface area contributed by atoms with Crippen LogP contribution in [0.1, 0.15) is 13.3 Å². The van der Waals surface area contributed by atoms with Gasteiger partial charge in [-0.25, -0.2) is 0 Å². The fourth-order valence-electron chi connectivity index (χ4n) is 1.30. The van der Waals surface area contributed by atoms with Crippen LogP contribution in [0.4, 0.5) is 5.69 Å². The van der Waals surface area contributed by atoms with Gasteiger partial charge in [-0.3, -0.25) is 0 Å². The topological polar surface area (TPSA) is 45.0 Å². The summed E-state index contributed by atoms with van der Waals surface area (Å²) in [7, 11) is 1.63. The number of halogens is 1. The highest BCUT2D eigenvalue weighted by atomic mass is 35.5. The standard InChI is InChI=1S/C12H15ClN2O/c1-12(9-14,7-8-16-2)15-11-5-3-10(13)4-6-11/h3-6,15H,7-8H2,1-2H3. The van der Waals surface area contributed by atoms with Crippen molar-refractivity contribution in [1.82, 2.24) is 0 Å². The molecule has 0 radical (unpaired) electrons. The van der Waals surface area contributed by atoms with E-state index in [1.165, 1.54) is 0 Å². The Balaban J connectivity index is 2.69. The summed E-state index contributed by atoms with van der Waals surface area (Å²) in [6.45, 7) is 2.39. The molecule has 1 unspecified atom stereocenters. The lowest BCUT2D eigenvalue weighted by molar-refractivity contribution is 0.184. The lowest BCUT2D eigenvalue weighted by atomic mass is 10.00. The molecule has 0 fully saturated rings. The summed E-state index contributed by atoms with van der Waals surface area (Å²) in [5, 5.41) is 13.0. The molecule has 0 aliphatic heterocycles. The molecule has 0 saturated heterocycles. The first-order chi connectivity index (χ1) is 7.59. The highest BCUT2D eigenvalue weighted by Crippen LogP contribution is 2.20. The Kier molecular flexibility index (Phi) is 4.60. The Hall–Kier alpha value is -1.24. The lowest BCUT2D eigenvalue weighted by Gasteiger charge is -2.24. The van der Waals surface area contributed by atoms with E-state index in [4.69, 9.17) is 21.6 Å². The second-order valence-corrected chi connectivity index (χ2v) is 4.26. The van der Waals surface area contributed by atoms with Crippen molar-refractivity contribution in [3.8, 4) is 6.07 Å². The Labute approximate surface area is 101 Å². The molecule has 3 nitrogen and oxygen atoms in total. The van der Waals surface area contributed by atoms with Crippen LogP contribution in [0, 0.1) is 11.3 Å². The molecule has 1 atom stereocenters. The van der Waals surface area contributed by atoms with Crippen LogP contribution in [-0.2, 0) is 4.74 Å². The van der Waals surface area contributed by atoms with E-state index >= 15 is 0 Å². The first kappa shape index (κ1) is 12.8. The van der Waals surface area contributed by atoms with Crippen LogP contribution in [0.15, 0.2) is 24.3 Å². The summed E-state index contributed by atoms with van der Waals surface area (Å²) < 4.78 is 4.98. The number of hydrogen-bond donors (Lipinski definition) is 1. The van der Waals surface area contributed by atoms with E-state index in [0.29, 0.717) is 18.1 Å². The van der Waals surface area contributed by atoms with Gasteiger partial charge in [-0.15, -0.1) is 0 Å². The molecule has 1 aromatic rings. The van der Waals surface area contributed by atoms with Gasteiger partial charge < -0.3 is 10.1 Å². The normalized spacial score (nSPS) is 13.9. The van der Waals surface area contributed by atoms with Gasteiger partial charge in [0, 0.05) is 30.8 Å². The number of hydrogen-bond acceptors (Lipinski definition) is 3. The molecule has 86 valence electrons. The average molecular weight is 239 g/mol. The number of anilines is 1. The van der Waals surface area contributed by atoms with E-state index < -0.39 is 5.54 Å². The lowest BCUT2D eigenvalue weighted by Crippen LogP contribution is -2.34. The highest BCUT2D eigenvalue weighted by molar-refractivity contribution is 6.30. The number of rotatable bonds is 5. The van der Waals surface area contributed by atoms with Crippen molar-refractivity contribution in [1.29, 1.82) is 5.26 Å². The minimum Gasteiger partial charge on any atom is -0.385 e. The maximum Gasteiger partial charge on any atom is 0.124 e. The number of nitriles is 1. The van der Waals surface area contributed by atoms with Gasteiger partial charge in [0.25, 0.3) is 0 Å². The van der Waals surface area contributed by atoms with Gasteiger partial charge in [0.15, 0.2) is 0 Å². The molecule has 0 aromatic heterocycles. The van der Waals surface area contributed by atoms with Crippen molar-refractivity contribution in [2.75, 3.05) is 19.0 Å². The third kappa shape index (κ3) is 3.73. The van der Waals surface area contributed by atoms with Crippen molar-refractivity contribution in [2.45, 2.75) is 18.9 Å². The van der Waals surface area contributed by atoms with Crippen molar-refractivity contribution >= 4 is 17.3 Å². The summed E-state index contributed by atoms with van der Waals surface area (Å²) in [4.78, 5) is 0. The highest BCUT2D eigenvalue weighted by Gasteiger charge is 2.22. The number of benzene rings is 1. The molecule has 1 rings (SSSR count). The molecule has 1 N–H and O–H groups in total. The number of nitrogens with zero attached hydrogens (tertiary/aromatic N) is 1. The Morgan fingerprint density at radius 3 is 2.56 bits per heavy atom. The molecule has 4 heteroatoms. The smallest absolute Gasteiger partial charge is 0.124 e. The molecule has 0 amide bonds. The van der Waals surface area contributed by atoms with E-state index in [9.17, 15) is 0 Å². The SMILES string of the molecule is COCCC(C)(C#N)Nc1ccc(Cl)cc1. The predicted octanol–water partition coefficient (Wildman–Crippen LogP) is 3.07. The van der Waals surface area contributed by atoms with Gasteiger partial charge >= 0.3 is 0 Å². The van der Waals surface area contributed by atoms with Crippen molar-refractivity contribution in [2.24, 2.45) is 0 Å². The second-order valence-electron chi connectivity index (χ2n) is 3.82. The molecule has 1 aromatic carbocycles. The summed E-state index contributed by atoms with van der Waals surface area (Å²) in [6, 6.07) is 9.54. The van der Waals surface area contributed by atoms with E-state index in [2.05, 4.69) is 11.4 Å². The zero-order valence-electron chi connectivity index (χ0n) is 9.46. The second kappa shape index (κ2) is 5.74. The minimum absolute atomic E-state index is 0.546. The Bertz CT molecular complexity index is 372. The maximum absolute atomic E-state index is 9.13. The summed E-state index contributed by atoms with van der Waals surface area (Å²) in [5.41, 5.74) is 0.258. The fourth-order valence-corrected chi connectivity index (χ4v) is 1.43. The van der Waals surface area contributed by atoms with Gasteiger partial charge in [-0.1, -0.05) is 11.6 Å². The molecular weight excluding hydrogens is 224 g/mol. The summed E-state index contributed by atoms with van der Waals surface area (Å²) in [5.74, 6) is 0. The van der Waals surface area contributed by atoms with Crippen LogP contribution < -0.4 is 5.32 Å². The monoisotopic (exact) mass is 238 g/mol. The van der Waals surface area contributed by atoms with Crippen molar-refractivity contribution < 1.29 is 4.74 Å². The van der Waals surface area contributed by atoms with Gasteiger partial charge in [0.2, 0.25) is 0 Å². The maximum atomic E-state index is 9.13. The Morgan fingerprint density at radius 1 is 1.44 bits per heavy atom. The van der Waals surface area contributed by atoms with Crippen LogP contribution in [0.2, 0.25) is 5.02 Å². The van der Waals surface area contributed by atoms with Crippen LogP contribution in [0.5, 0.6) is 0 Å². The number of methoxy groups -OCH3 is 1. The van der Waals surface area contributed by atoms with Crippen LogP contribution in [0.3, 0.4) is 0 Å². The van der Waals surface area contributed by atoms with Crippen molar-refractivity contribution in [3.05, 3.63) is 29.3 Å². The summed E-state index contributed by atoms with van der Waals surface area (Å²) >= 11 is 5.79. The molecule has 0 aliphatic rings. The predicted molar refractivity (Wildman–Crippen MR) is 65.6 cm³/mol. The zero-order valence-corrected chi connectivity index (χ0v) is 10.2. The molecule has 16 heavy (non-hydrogen) atoms. The molecule has 0 spiro atoms. The molecule has 0 aliphatic carbocycles. The average Bonchev–Trinajstić information content (AvgIpc) is 2.30. The molecule has 0 heterocycles. The number of nitrogens with one attached hydrogen (secondary N) is 1. The van der Waals surface area contributed by atoms with Crippen LogP contribution in [-0.4, -0.2) is 19.3 Å². The van der Waals surface area contributed by atoms with E-state index in [1.807, 2.05) is 19.1 Å². The van der Waals surface area contributed by atoms with E-state index in [-0.39, 0.29) is 0 Å². The van der Waals surface area contributed by atoms with Crippen LogP contribution >= 0.6 is 11.6 Å². The third-order valence-corrected chi connectivity index (χ3v) is 2.57. The Morgan fingerprint density at radius 2 is 2.06 bits per heavy atom. The van der Waals surface area contributed by atoms with Gasteiger partial charge in [-0.05, 0) is 31.2 Å². The quantitative estimate of drug-likeness (QED) is 0.858. The fraction of sp³-hybridized carbons (Fsp3) is 0.417. The zero-order chi connectivity index (χ0) is 12.0. The van der Waals surface area contributed by atoms with Crippen LogP contribution in [0.25, 0.3) is 0 Å². The van der Waals surface area contributed by atoms with E-state index in [0.717, 1.165) is 5.69 Å². The van der Waals surface area contributed by atoms with Gasteiger partial charge in [0.1, 0.15) is 5.54 Å². The first-order valence-corrected chi connectivity index (χ1v) is 5.41. The van der Waals surface area contributed by atoms with Crippen molar-refractivity contribution in [3.63, 3.8) is 0 Å². The molecule has 0 saturated carbocycles. The third-order valence-electron chi connectivity index (χ3n) is 2.32. The van der Waals surface area contributed by atoms with Gasteiger partial charge in [-0.2, -0.15) is 5.26 Å². The van der Waals surface area contributed by atoms with Gasteiger partial charge in [0.05, 0.1) is 6.07 Å². The minimum atomic E-state index is -0.621. The number of ether oxygens (including phenoxy) is 1.